The van der Waals surface area contributed by atoms with Crippen LogP contribution in [0, 0.1) is 24.2 Å². The van der Waals surface area contributed by atoms with Crippen LogP contribution >= 0.6 is 0 Å². The number of methoxy groups -OCH3 is 3. The zero-order chi connectivity index (χ0) is 41.4. The number of terminal acetylenes is 1. The van der Waals surface area contributed by atoms with E-state index in [2.05, 4.69) is 32.7 Å². The maximum absolute atomic E-state index is 13.4. The van der Waals surface area contributed by atoms with Gasteiger partial charge in [-0.1, -0.05) is 17.8 Å². The van der Waals surface area contributed by atoms with E-state index < -0.39 is 11.9 Å². The number of hydrogen-bond acceptors (Lipinski definition) is 11. The third kappa shape index (κ3) is 11.3. The smallest absolute Gasteiger partial charge is 0.338 e. The van der Waals surface area contributed by atoms with Gasteiger partial charge in [0.15, 0.2) is 0 Å². The predicted octanol–water partition coefficient (Wildman–Crippen LogP) is 5.86. The maximum atomic E-state index is 13.4. The van der Waals surface area contributed by atoms with E-state index in [1.807, 2.05) is 36.5 Å². The lowest BCUT2D eigenvalue weighted by molar-refractivity contribution is 0.0210. The average Bonchev–Trinajstić information content (AvgIpc) is 4.02. The number of carbonyl (C=O) groups excluding carboxylic acids is 2. The van der Waals surface area contributed by atoms with Gasteiger partial charge in [0.05, 0.1) is 104 Å². The van der Waals surface area contributed by atoms with Gasteiger partial charge in [0, 0.05) is 54.8 Å². The van der Waals surface area contributed by atoms with Crippen LogP contribution in [-0.2, 0) is 37.9 Å². The largest absolute Gasteiger partial charge is 0.491 e. The first-order valence-electron chi connectivity index (χ1n) is 19.0. The summed E-state index contributed by atoms with van der Waals surface area (Å²) in [6.45, 7) is 4.06. The maximum Gasteiger partial charge on any atom is 0.338 e. The van der Waals surface area contributed by atoms with E-state index in [9.17, 15) is 9.59 Å². The van der Waals surface area contributed by atoms with E-state index in [1.165, 1.54) is 0 Å². The summed E-state index contributed by atoms with van der Waals surface area (Å²) in [5.41, 5.74) is 6.01. The highest BCUT2D eigenvalue weighted by Crippen LogP contribution is 2.32. The topological polar surface area (TPSA) is 165 Å². The Hall–Kier alpha value is -6.10. The summed E-state index contributed by atoms with van der Waals surface area (Å²) in [6, 6.07) is 16.4. The van der Waals surface area contributed by atoms with Crippen molar-refractivity contribution in [3.63, 3.8) is 0 Å². The molecule has 0 aliphatic carbocycles. The molecule has 308 valence electrons. The molecule has 0 aliphatic heterocycles. The number of aromatic amines is 3. The van der Waals surface area contributed by atoms with E-state index in [0.29, 0.717) is 114 Å². The van der Waals surface area contributed by atoms with Crippen LogP contribution in [0.2, 0.25) is 0 Å². The number of aromatic nitrogens is 3. The van der Waals surface area contributed by atoms with Crippen molar-refractivity contribution in [3.05, 3.63) is 88.6 Å². The molecule has 0 fully saturated rings. The van der Waals surface area contributed by atoms with Crippen LogP contribution in [0.5, 0.6) is 5.75 Å². The molecule has 0 saturated carbocycles. The predicted molar refractivity (Wildman–Crippen MR) is 222 cm³/mol. The van der Waals surface area contributed by atoms with Crippen molar-refractivity contribution in [2.75, 3.05) is 101 Å². The van der Waals surface area contributed by atoms with E-state index >= 15 is 0 Å². The van der Waals surface area contributed by atoms with Crippen LogP contribution in [-0.4, -0.2) is 128 Å². The van der Waals surface area contributed by atoms with E-state index in [0.717, 1.165) is 16.3 Å². The SMILES string of the molecule is C#Cc1cc(C(=O)OCCOCCOC)cc2cc(-c3cc4cc(C(=O)OCCOCCOC)cc(C#Cc5cc(OCCOCCOC)cc6cc[nH]c56)c4[nH]3)[nH]c12. The van der Waals surface area contributed by atoms with E-state index in [1.54, 1.807) is 45.6 Å². The second-order valence-corrected chi connectivity index (χ2v) is 13.1. The van der Waals surface area contributed by atoms with Crippen LogP contribution < -0.4 is 4.74 Å². The molecule has 14 nitrogen and oxygen atoms in total. The van der Waals surface area contributed by atoms with Crippen LogP contribution in [0.1, 0.15) is 37.4 Å². The molecule has 0 atom stereocenters. The fourth-order valence-corrected chi connectivity index (χ4v) is 6.19. The number of nitrogens with one attached hydrogen (secondary N) is 3. The fourth-order valence-electron chi connectivity index (χ4n) is 6.19. The molecule has 3 heterocycles. The number of ether oxygens (including phenoxy) is 9. The molecule has 6 rings (SSSR count). The Bertz CT molecular complexity index is 2460. The first kappa shape index (κ1) is 42.5. The van der Waals surface area contributed by atoms with Crippen LogP contribution in [0.25, 0.3) is 44.1 Å². The van der Waals surface area contributed by atoms with Gasteiger partial charge >= 0.3 is 11.9 Å². The number of rotatable bonds is 22. The molecular weight excluding hydrogens is 759 g/mol. The molecule has 0 unspecified atom stereocenters. The highest BCUT2D eigenvalue weighted by molar-refractivity contribution is 6.01. The molecule has 6 aromatic rings. The van der Waals surface area contributed by atoms with Crippen molar-refractivity contribution in [1.82, 2.24) is 15.0 Å². The van der Waals surface area contributed by atoms with E-state index in [4.69, 9.17) is 49.1 Å². The number of H-pyrrole nitrogens is 3. The molecule has 0 amide bonds. The van der Waals surface area contributed by atoms with Crippen molar-refractivity contribution < 1.29 is 52.2 Å². The van der Waals surface area contributed by atoms with Crippen LogP contribution in [0.4, 0.5) is 0 Å². The molecule has 0 radical (unpaired) electrons. The standard InChI is InChI=1S/C45H47N3O11/c1-5-30-22-36(44(49)58-20-17-55-14-11-52-3)24-34-28-39(47-42(30)34)40-29-35-25-37(45(50)59-21-18-56-15-12-53-4)23-31(43(35)48-40)6-7-32-26-38(27-33-8-9-46-41(32)33)57-19-16-54-13-10-51-2/h1,8-9,22-29,46-48H,10-21H2,2-4H3. The Morgan fingerprint density at radius 1 is 0.542 bits per heavy atom. The highest BCUT2D eigenvalue weighted by atomic mass is 16.6. The van der Waals surface area contributed by atoms with Crippen molar-refractivity contribution in [2.24, 2.45) is 0 Å². The van der Waals surface area contributed by atoms with Crippen molar-refractivity contribution in [1.29, 1.82) is 0 Å². The molecule has 14 heteroatoms. The van der Waals surface area contributed by atoms with Gasteiger partial charge in [0.1, 0.15) is 25.6 Å². The summed E-state index contributed by atoms with van der Waals surface area (Å²) in [4.78, 5) is 36.5. The number of benzene rings is 3. The Morgan fingerprint density at radius 2 is 1.03 bits per heavy atom. The molecule has 0 saturated heterocycles. The number of fused-ring (bicyclic) bond motifs is 3. The lowest BCUT2D eigenvalue weighted by Gasteiger charge is -2.08. The summed E-state index contributed by atoms with van der Waals surface area (Å²) in [5, 5.41) is 2.37. The first-order chi connectivity index (χ1) is 28.9. The second-order valence-electron chi connectivity index (χ2n) is 13.1. The Balaban J connectivity index is 1.31. The van der Waals surface area contributed by atoms with Gasteiger partial charge in [-0.05, 0) is 54.6 Å². The lowest BCUT2D eigenvalue weighted by Crippen LogP contribution is -2.12. The zero-order valence-electron chi connectivity index (χ0n) is 33.3. The van der Waals surface area contributed by atoms with Gasteiger partial charge in [-0.15, -0.1) is 6.42 Å². The second kappa shape index (κ2) is 21.6. The van der Waals surface area contributed by atoms with Gasteiger partial charge in [-0.3, -0.25) is 0 Å². The van der Waals surface area contributed by atoms with Crippen LogP contribution in [0.15, 0.2) is 60.8 Å². The quantitative estimate of drug-likeness (QED) is 0.0428. The van der Waals surface area contributed by atoms with Crippen molar-refractivity contribution >= 4 is 44.6 Å². The number of carbonyl (C=O) groups is 2. The minimum atomic E-state index is -0.520. The average molecular weight is 806 g/mol. The Labute approximate surface area is 341 Å². The highest BCUT2D eigenvalue weighted by Gasteiger charge is 2.18. The zero-order valence-corrected chi connectivity index (χ0v) is 33.3. The third-order valence-corrected chi connectivity index (χ3v) is 9.05. The molecule has 59 heavy (non-hydrogen) atoms. The van der Waals surface area contributed by atoms with Gasteiger partial charge < -0.3 is 57.6 Å². The van der Waals surface area contributed by atoms with E-state index in [-0.39, 0.29) is 26.4 Å². The van der Waals surface area contributed by atoms with Crippen molar-refractivity contribution in [3.8, 4) is 41.3 Å². The minimum Gasteiger partial charge on any atom is -0.491 e. The summed E-state index contributed by atoms with van der Waals surface area (Å²) >= 11 is 0. The summed E-state index contributed by atoms with van der Waals surface area (Å²) < 4.78 is 48.4. The van der Waals surface area contributed by atoms with Gasteiger partial charge in [0.2, 0.25) is 0 Å². The van der Waals surface area contributed by atoms with Crippen molar-refractivity contribution in [2.45, 2.75) is 0 Å². The summed E-state index contributed by atoms with van der Waals surface area (Å²) in [6.07, 6.45) is 7.75. The Morgan fingerprint density at radius 3 is 1.58 bits per heavy atom. The van der Waals surface area contributed by atoms with Gasteiger partial charge in [-0.25, -0.2) is 9.59 Å². The Kier molecular flexibility index (Phi) is 15.6. The number of esters is 2. The molecule has 3 aromatic heterocycles. The van der Waals surface area contributed by atoms with Gasteiger partial charge in [-0.2, -0.15) is 0 Å². The van der Waals surface area contributed by atoms with Gasteiger partial charge in [0.25, 0.3) is 0 Å². The first-order valence-corrected chi connectivity index (χ1v) is 19.0. The monoisotopic (exact) mass is 805 g/mol. The minimum absolute atomic E-state index is 0.0687. The lowest BCUT2D eigenvalue weighted by atomic mass is 10.1. The number of hydrogen-bond donors (Lipinski definition) is 3. The normalized spacial score (nSPS) is 11.2. The molecule has 0 aliphatic rings. The molecule has 0 bridgehead atoms. The molecule has 3 aromatic carbocycles. The third-order valence-electron chi connectivity index (χ3n) is 9.05. The fraction of sp³-hybridized carbons (Fsp3) is 0.333. The molecule has 3 N–H and O–H groups in total. The summed E-state index contributed by atoms with van der Waals surface area (Å²) in [5.74, 6) is 8.90. The van der Waals surface area contributed by atoms with Crippen LogP contribution in [0.3, 0.4) is 0 Å². The summed E-state index contributed by atoms with van der Waals surface area (Å²) in [7, 11) is 4.80. The molecule has 0 spiro atoms. The molecular formula is C45H47N3O11.